The number of fused-ring (bicyclic) bond motifs is 1. The number of rotatable bonds is 2. The number of carbonyl (C=O) groups is 1. The van der Waals surface area contributed by atoms with E-state index in [-0.39, 0.29) is 28.3 Å². The molecule has 2 heterocycles. The Morgan fingerprint density at radius 1 is 1.13 bits per heavy atom. The van der Waals surface area contributed by atoms with Gasteiger partial charge in [-0.1, -0.05) is 29.8 Å². The van der Waals surface area contributed by atoms with Crippen LogP contribution in [-0.2, 0) is 12.6 Å². The SMILES string of the molecule is O=C(N=c1ccn(O)cc1)c1cccc2c1N=C(c1ccc(Cl)cc1C(F)(F)F)C2. The lowest BCUT2D eigenvalue weighted by atomic mass is 9.98. The highest BCUT2D eigenvalue weighted by molar-refractivity contribution is 6.30. The van der Waals surface area contributed by atoms with Crippen molar-refractivity contribution in [2.75, 3.05) is 0 Å². The van der Waals surface area contributed by atoms with Crippen molar-refractivity contribution in [3.63, 3.8) is 0 Å². The predicted molar refractivity (Wildman–Crippen MR) is 104 cm³/mol. The molecule has 0 saturated heterocycles. The van der Waals surface area contributed by atoms with Gasteiger partial charge in [-0.3, -0.25) is 9.79 Å². The molecule has 5 nitrogen and oxygen atoms in total. The molecule has 1 aromatic heterocycles. The van der Waals surface area contributed by atoms with Crippen LogP contribution in [0.3, 0.4) is 0 Å². The number of pyridine rings is 1. The minimum absolute atomic E-state index is 0.0242. The summed E-state index contributed by atoms with van der Waals surface area (Å²) in [5, 5.41) is 9.55. The average Bonchev–Trinajstić information content (AvgIpc) is 3.13. The van der Waals surface area contributed by atoms with Crippen LogP contribution in [0.1, 0.15) is 27.0 Å². The third-order valence-electron chi connectivity index (χ3n) is 4.58. The summed E-state index contributed by atoms with van der Waals surface area (Å²) in [6.45, 7) is 0. The third-order valence-corrected chi connectivity index (χ3v) is 4.81. The van der Waals surface area contributed by atoms with Crippen molar-refractivity contribution in [1.29, 1.82) is 0 Å². The molecule has 3 aromatic rings. The highest BCUT2D eigenvalue weighted by atomic mass is 35.5. The van der Waals surface area contributed by atoms with Crippen molar-refractivity contribution in [2.45, 2.75) is 12.6 Å². The van der Waals surface area contributed by atoms with Crippen molar-refractivity contribution in [3.8, 4) is 0 Å². The van der Waals surface area contributed by atoms with Crippen LogP contribution >= 0.6 is 11.6 Å². The monoisotopic (exact) mass is 431 g/mol. The van der Waals surface area contributed by atoms with Gasteiger partial charge in [0.1, 0.15) is 0 Å². The van der Waals surface area contributed by atoms with Crippen LogP contribution in [0.2, 0.25) is 5.02 Å². The quantitative estimate of drug-likeness (QED) is 0.591. The van der Waals surface area contributed by atoms with E-state index in [9.17, 15) is 23.2 Å². The van der Waals surface area contributed by atoms with Crippen LogP contribution in [0.5, 0.6) is 0 Å². The van der Waals surface area contributed by atoms with Gasteiger partial charge in [-0.15, -0.1) is 0 Å². The van der Waals surface area contributed by atoms with Gasteiger partial charge in [0, 0.05) is 29.4 Å². The molecule has 0 unspecified atom stereocenters. The Balaban J connectivity index is 1.77. The topological polar surface area (TPSA) is 67.0 Å². The predicted octanol–water partition coefficient (Wildman–Crippen LogP) is 4.82. The Morgan fingerprint density at radius 2 is 1.87 bits per heavy atom. The summed E-state index contributed by atoms with van der Waals surface area (Å²) < 4.78 is 41.3. The van der Waals surface area contributed by atoms with Gasteiger partial charge in [-0.25, -0.2) is 9.72 Å². The molecule has 1 amide bonds. The molecular weight excluding hydrogens is 419 g/mol. The van der Waals surface area contributed by atoms with E-state index < -0.39 is 17.6 Å². The molecule has 1 aliphatic rings. The van der Waals surface area contributed by atoms with Gasteiger partial charge >= 0.3 is 6.18 Å². The van der Waals surface area contributed by atoms with Crippen LogP contribution in [0.25, 0.3) is 0 Å². The molecule has 0 atom stereocenters. The number of hydrogen-bond donors (Lipinski definition) is 1. The Morgan fingerprint density at radius 3 is 2.57 bits per heavy atom. The number of amides is 1. The van der Waals surface area contributed by atoms with Gasteiger partial charge in [0.05, 0.1) is 27.9 Å². The molecular formula is C21H13ClF3N3O2. The second kappa shape index (κ2) is 7.46. The first-order chi connectivity index (χ1) is 14.2. The number of nitrogens with zero attached hydrogens (tertiary/aromatic N) is 3. The Labute approximate surface area is 173 Å². The van der Waals surface area contributed by atoms with E-state index in [1.54, 1.807) is 12.1 Å². The van der Waals surface area contributed by atoms with Gasteiger partial charge in [-0.05, 0) is 35.9 Å². The number of para-hydroxylation sites is 1. The van der Waals surface area contributed by atoms with Gasteiger partial charge in [-0.2, -0.15) is 13.2 Å². The highest BCUT2D eigenvalue weighted by Crippen LogP contribution is 2.38. The number of halogens is 4. The summed E-state index contributed by atoms with van der Waals surface area (Å²) in [5.74, 6) is -0.584. The molecule has 0 aliphatic carbocycles. The first kappa shape index (κ1) is 19.9. The summed E-state index contributed by atoms with van der Waals surface area (Å²) in [6.07, 6.45) is -1.81. The zero-order chi connectivity index (χ0) is 21.5. The van der Waals surface area contributed by atoms with Crippen molar-refractivity contribution < 1.29 is 23.2 Å². The molecule has 1 N–H and O–H groups in total. The average molecular weight is 432 g/mol. The normalized spacial score (nSPS) is 13.0. The van der Waals surface area contributed by atoms with Gasteiger partial charge in [0.2, 0.25) is 0 Å². The van der Waals surface area contributed by atoms with E-state index in [1.165, 1.54) is 42.7 Å². The fourth-order valence-electron chi connectivity index (χ4n) is 3.21. The number of hydrogen-bond acceptors (Lipinski definition) is 3. The van der Waals surface area contributed by atoms with E-state index in [2.05, 4.69) is 9.98 Å². The van der Waals surface area contributed by atoms with Crippen LogP contribution in [-0.4, -0.2) is 21.6 Å². The summed E-state index contributed by atoms with van der Waals surface area (Å²) in [7, 11) is 0. The van der Waals surface area contributed by atoms with Crippen LogP contribution < -0.4 is 5.36 Å². The standard InChI is InChI=1S/C21H13ClF3N3O2/c22-13-4-5-15(17(11-13)21(23,24)25)18-10-12-2-1-3-16(19(12)27-18)20(29)26-14-6-8-28(30)9-7-14/h1-9,11,30H,10H2. The number of benzene rings is 2. The van der Waals surface area contributed by atoms with Gasteiger partial charge in [0.15, 0.2) is 0 Å². The van der Waals surface area contributed by atoms with Crippen LogP contribution in [0, 0.1) is 0 Å². The lowest BCUT2D eigenvalue weighted by Gasteiger charge is -2.13. The first-order valence-electron chi connectivity index (χ1n) is 8.75. The molecule has 1 aliphatic heterocycles. The fraction of sp³-hybridized carbons (Fsp3) is 0.0952. The minimum atomic E-state index is -4.59. The first-order valence-corrected chi connectivity index (χ1v) is 9.13. The Kier molecular flexibility index (Phi) is 4.95. The molecule has 0 saturated carbocycles. The third kappa shape index (κ3) is 3.86. The molecule has 152 valence electrons. The number of aromatic nitrogens is 1. The molecule has 0 spiro atoms. The summed E-state index contributed by atoms with van der Waals surface area (Å²) in [5.41, 5.74) is 0.378. The summed E-state index contributed by atoms with van der Waals surface area (Å²) in [4.78, 5) is 21.0. The molecule has 9 heteroatoms. The van der Waals surface area contributed by atoms with Crippen molar-refractivity contribution >= 4 is 28.9 Å². The van der Waals surface area contributed by atoms with E-state index in [0.29, 0.717) is 16.6 Å². The second-order valence-corrected chi connectivity index (χ2v) is 7.03. The van der Waals surface area contributed by atoms with Crippen LogP contribution in [0.4, 0.5) is 18.9 Å². The molecule has 4 rings (SSSR count). The minimum Gasteiger partial charge on any atom is -0.429 e. The zero-order valence-corrected chi connectivity index (χ0v) is 15.9. The molecule has 0 fully saturated rings. The maximum absolute atomic E-state index is 13.5. The van der Waals surface area contributed by atoms with E-state index in [1.807, 2.05) is 0 Å². The van der Waals surface area contributed by atoms with Crippen molar-refractivity contribution in [1.82, 2.24) is 4.73 Å². The molecule has 30 heavy (non-hydrogen) atoms. The summed E-state index contributed by atoms with van der Waals surface area (Å²) >= 11 is 5.76. The van der Waals surface area contributed by atoms with Crippen molar-refractivity contribution in [3.05, 3.63) is 93.6 Å². The largest absolute Gasteiger partial charge is 0.429 e. The van der Waals surface area contributed by atoms with E-state index in [0.717, 1.165) is 10.8 Å². The maximum Gasteiger partial charge on any atom is 0.417 e. The fourth-order valence-corrected chi connectivity index (χ4v) is 3.39. The maximum atomic E-state index is 13.5. The van der Waals surface area contributed by atoms with E-state index >= 15 is 0 Å². The van der Waals surface area contributed by atoms with E-state index in [4.69, 9.17) is 11.6 Å². The molecule has 0 radical (unpaired) electrons. The second-order valence-electron chi connectivity index (χ2n) is 6.59. The van der Waals surface area contributed by atoms with Gasteiger partial charge < -0.3 is 5.21 Å². The smallest absolute Gasteiger partial charge is 0.417 e. The van der Waals surface area contributed by atoms with Crippen molar-refractivity contribution in [2.24, 2.45) is 9.98 Å². The Bertz CT molecular complexity index is 1240. The number of carbonyl (C=O) groups excluding carboxylic acids is 1. The Hall–Kier alpha value is -3.39. The molecule has 2 aromatic carbocycles. The van der Waals surface area contributed by atoms with Crippen LogP contribution in [0.15, 0.2) is 70.9 Å². The lowest BCUT2D eigenvalue weighted by molar-refractivity contribution is -0.137. The number of alkyl halides is 3. The summed E-state index contributed by atoms with van der Waals surface area (Å²) in [6, 6.07) is 11.3. The zero-order valence-electron chi connectivity index (χ0n) is 15.2. The molecule has 0 bridgehead atoms. The van der Waals surface area contributed by atoms with Gasteiger partial charge in [0.25, 0.3) is 5.91 Å². The number of aliphatic imine (C=N–C) groups is 1. The highest BCUT2D eigenvalue weighted by Gasteiger charge is 2.36. The lowest BCUT2D eigenvalue weighted by Crippen LogP contribution is -2.13.